The number of aromatic nitrogens is 5. The van der Waals surface area contributed by atoms with Crippen molar-refractivity contribution in [3.8, 4) is 5.75 Å². The molecule has 0 unspecified atom stereocenters. The molecule has 0 atom stereocenters. The number of ether oxygens (including phenoxy) is 1. The third-order valence-electron chi connectivity index (χ3n) is 4.76. The number of H-pyrrole nitrogens is 1. The largest absolute Gasteiger partial charge is 0.483 e. The Morgan fingerprint density at radius 3 is 2.90 bits per heavy atom. The van der Waals surface area contributed by atoms with Crippen LogP contribution in [-0.4, -0.2) is 37.4 Å². The van der Waals surface area contributed by atoms with E-state index in [0.29, 0.717) is 34.1 Å². The molecule has 0 saturated carbocycles. The van der Waals surface area contributed by atoms with E-state index in [0.717, 1.165) is 16.8 Å². The lowest BCUT2D eigenvalue weighted by Crippen LogP contribution is -2.14. The molecule has 29 heavy (non-hydrogen) atoms. The van der Waals surface area contributed by atoms with Crippen LogP contribution in [-0.2, 0) is 13.0 Å². The Hall–Kier alpha value is -3.23. The first-order valence-corrected chi connectivity index (χ1v) is 9.41. The fourth-order valence-electron chi connectivity index (χ4n) is 3.46. The number of nitrogens with two attached hydrogens (primary N) is 1. The fraction of sp³-hybridized carbons (Fsp3) is 0.200. The number of pyridine rings is 1. The van der Waals surface area contributed by atoms with E-state index in [-0.39, 0.29) is 18.9 Å². The second kappa shape index (κ2) is 8.02. The van der Waals surface area contributed by atoms with Gasteiger partial charge in [-0.1, -0.05) is 28.9 Å². The summed E-state index contributed by atoms with van der Waals surface area (Å²) in [7, 11) is 0. The van der Waals surface area contributed by atoms with Gasteiger partial charge in [0.2, 0.25) is 5.82 Å². The monoisotopic (exact) mass is 410 g/mol. The van der Waals surface area contributed by atoms with Crippen LogP contribution in [0.5, 0.6) is 5.75 Å². The zero-order valence-electron chi connectivity index (χ0n) is 15.7. The quantitative estimate of drug-likeness (QED) is 0.453. The number of ketones is 1. The van der Waals surface area contributed by atoms with Gasteiger partial charge in [-0.2, -0.15) is 5.21 Å². The van der Waals surface area contributed by atoms with Crippen LogP contribution >= 0.6 is 11.6 Å². The van der Waals surface area contributed by atoms with Gasteiger partial charge in [0.05, 0.1) is 17.6 Å². The van der Waals surface area contributed by atoms with Crippen molar-refractivity contribution >= 4 is 22.9 Å². The first-order valence-electron chi connectivity index (χ1n) is 9.03. The van der Waals surface area contributed by atoms with E-state index in [2.05, 4.69) is 20.6 Å². The molecule has 0 spiro atoms. The minimum Gasteiger partial charge on any atom is -0.483 e. The van der Waals surface area contributed by atoms with Crippen LogP contribution in [0.15, 0.2) is 42.6 Å². The standard InChI is InChI=1S/C20H19ClN6O2/c1-12-15(9-13-4-2-5-14(21)8-13)27-7-3-6-17(20(27)19(12)16(28)10-22)29-11-18-23-25-26-24-18/h2-8H,9-11,22H2,1H3,(H,23,24,25,26). The van der Waals surface area contributed by atoms with Gasteiger partial charge in [-0.05, 0) is 42.3 Å². The third kappa shape index (κ3) is 3.72. The van der Waals surface area contributed by atoms with Crippen molar-refractivity contribution in [1.29, 1.82) is 0 Å². The fourth-order valence-corrected chi connectivity index (χ4v) is 3.68. The summed E-state index contributed by atoms with van der Waals surface area (Å²) in [6.07, 6.45) is 2.52. The number of Topliss-reactive ketones (excluding diaryl/α,β-unsaturated/α-hetero) is 1. The van der Waals surface area contributed by atoms with Crippen LogP contribution in [0.1, 0.15) is 33.0 Å². The summed E-state index contributed by atoms with van der Waals surface area (Å²) < 4.78 is 7.89. The molecular weight excluding hydrogens is 392 g/mol. The van der Waals surface area contributed by atoms with Crippen molar-refractivity contribution < 1.29 is 9.53 Å². The molecule has 9 heteroatoms. The zero-order valence-corrected chi connectivity index (χ0v) is 16.5. The summed E-state index contributed by atoms with van der Waals surface area (Å²) in [6.45, 7) is 1.97. The first kappa shape index (κ1) is 19.1. The van der Waals surface area contributed by atoms with Gasteiger partial charge in [0.1, 0.15) is 5.75 Å². The number of rotatable bonds is 7. The van der Waals surface area contributed by atoms with Crippen LogP contribution in [0.3, 0.4) is 0 Å². The summed E-state index contributed by atoms with van der Waals surface area (Å²) in [4.78, 5) is 12.7. The molecule has 8 nitrogen and oxygen atoms in total. The smallest absolute Gasteiger partial charge is 0.211 e. The lowest BCUT2D eigenvalue weighted by molar-refractivity contribution is 0.100. The molecule has 0 aliphatic carbocycles. The van der Waals surface area contributed by atoms with Gasteiger partial charge in [-0.3, -0.25) is 4.79 Å². The zero-order chi connectivity index (χ0) is 20.4. The molecule has 0 amide bonds. The number of hydrogen-bond acceptors (Lipinski definition) is 6. The maximum atomic E-state index is 12.7. The predicted molar refractivity (Wildman–Crippen MR) is 108 cm³/mol. The molecule has 4 aromatic rings. The molecule has 0 aliphatic rings. The molecule has 1 aromatic carbocycles. The summed E-state index contributed by atoms with van der Waals surface area (Å²) in [5, 5.41) is 14.4. The van der Waals surface area contributed by atoms with E-state index in [1.165, 1.54) is 0 Å². The number of nitrogens with one attached hydrogen (secondary N) is 1. The summed E-state index contributed by atoms with van der Waals surface area (Å²) in [6, 6.07) is 11.4. The Labute approximate surface area is 171 Å². The Morgan fingerprint density at radius 1 is 1.31 bits per heavy atom. The molecule has 0 aliphatic heterocycles. The van der Waals surface area contributed by atoms with Crippen LogP contribution in [0.4, 0.5) is 0 Å². The Morgan fingerprint density at radius 2 is 2.17 bits per heavy atom. The van der Waals surface area contributed by atoms with Gasteiger partial charge in [0.25, 0.3) is 0 Å². The van der Waals surface area contributed by atoms with Crippen LogP contribution < -0.4 is 10.5 Å². The number of halogens is 1. The lowest BCUT2D eigenvalue weighted by atomic mass is 10.0. The van der Waals surface area contributed by atoms with Gasteiger partial charge in [-0.15, -0.1) is 10.2 Å². The highest BCUT2D eigenvalue weighted by molar-refractivity contribution is 6.30. The number of nitrogens with zero attached hydrogens (tertiary/aromatic N) is 4. The van der Waals surface area contributed by atoms with Gasteiger partial charge in [-0.25, -0.2) is 0 Å². The van der Waals surface area contributed by atoms with E-state index in [4.69, 9.17) is 22.1 Å². The normalized spacial score (nSPS) is 11.1. The highest BCUT2D eigenvalue weighted by Crippen LogP contribution is 2.32. The third-order valence-corrected chi connectivity index (χ3v) is 5.00. The summed E-state index contributed by atoms with van der Waals surface area (Å²) in [5.41, 5.74) is 9.84. The molecular formula is C20H19ClN6O2. The SMILES string of the molecule is Cc1c(C(=O)CN)c2c(OCc3nn[nH]n3)cccn2c1Cc1cccc(Cl)c1. The maximum absolute atomic E-state index is 12.7. The van der Waals surface area contributed by atoms with Crippen LogP contribution in [0, 0.1) is 6.92 Å². The van der Waals surface area contributed by atoms with Crippen molar-refractivity contribution in [2.75, 3.05) is 6.54 Å². The molecule has 4 rings (SSSR count). The average Bonchev–Trinajstić information content (AvgIpc) is 3.33. The molecule has 3 aromatic heterocycles. The van der Waals surface area contributed by atoms with E-state index in [1.807, 2.05) is 53.9 Å². The minimum atomic E-state index is -0.145. The highest BCUT2D eigenvalue weighted by Gasteiger charge is 2.23. The number of carbonyl (C=O) groups is 1. The van der Waals surface area contributed by atoms with Crippen LogP contribution in [0.2, 0.25) is 5.02 Å². The van der Waals surface area contributed by atoms with Crippen molar-refractivity contribution in [3.63, 3.8) is 0 Å². The minimum absolute atomic E-state index is 0.0870. The van der Waals surface area contributed by atoms with Gasteiger partial charge < -0.3 is 14.9 Å². The number of aromatic amines is 1. The predicted octanol–water partition coefficient (Wildman–Crippen LogP) is 2.73. The van der Waals surface area contributed by atoms with Crippen molar-refractivity contribution in [2.24, 2.45) is 5.73 Å². The van der Waals surface area contributed by atoms with Crippen LogP contribution in [0.25, 0.3) is 5.52 Å². The maximum Gasteiger partial charge on any atom is 0.211 e. The molecule has 0 radical (unpaired) electrons. The molecule has 148 valence electrons. The number of fused-ring (bicyclic) bond motifs is 1. The molecule has 0 saturated heterocycles. The Kier molecular flexibility index (Phi) is 5.28. The molecule has 0 bridgehead atoms. The van der Waals surface area contributed by atoms with E-state index < -0.39 is 0 Å². The average molecular weight is 411 g/mol. The molecule has 3 N–H and O–H groups in total. The summed E-state index contributed by atoms with van der Waals surface area (Å²) >= 11 is 6.15. The van der Waals surface area contributed by atoms with E-state index in [9.17, 15) is 4.79 Å². The highest BCUT2D eigenvalue weighted by atomic mass is 35.5. The van der Waals surface area contributed by atoms with Gasteiger partial charge in [0.15, 0.2) is 12.4 Å². The first-order chi connectivity index (χ1) is 14.1. The number of carbonyl (C=O) groups excluding carboxylic acids is 1. The lowest BCUT2D eigenvalue weighted by Gasteiger charge is -2.09. The summed E-state index contributed by atoms with van der Waals surface area (Å²) in [5.74, 6) is 0.823. The topological polar surface area (TPSA) is 111 Å². The van der Waals surface area contributed by atoms with Gasteiger partial charge >= 0.3 is 0 Å². The molecule has 3 heterocycles. The van der Waals surface area contributed by atoms with E-state index in [1.54, 1.807) is 0 Å². The number of tetrazole rings is 1. The Bertz CT molecular complexity index is 1170. The van der Waals surface area contributed by atoms with Crippen molar-refractivity contribution in [3.05, 3.63) is 75.8 Å². The molecule has 0 fully saturated rings. The number of hydrogen-bond donors (Lipinski definition) is 2. The van der Waals surface area contributed by atoms with Crippen molar-refractivity contribution in [2.45, 2.75) is 20.0 Å². The second-order valence-electron chi connectivity index (χ2n) is 6.59. The van der Waals surface area contributed by atoms with E-state index >= 15 is 0 Å². The second-order valence-corrected chi connectivity index (χ2v) is 7.02. The van der Waals surface area contributed by atoms with Gasteiger partial charge in [0, 0.05) is 23.3 Å². The van der Waals surface area contributed by atoms with Crippen molar-refractivity contribution in [1.82, 2.24) is 25.0 Å². The number of benzene rings is 1. The Balaban J connectivity index is 1.82.